The Labute approximate surface area is 104 Å². The largest absolute Gasteiger partial charge is 0.465 e. The van der Waals surface area contributed by atoms with Crippen LogP contribution in [0.15, 0.2) is 0 Å². The third-order valence-electron chi connectivity index (χ3n) is 3.65. The van der Waals surface area contributed by atoms with Crippen LogP contribution in [0.2, 0.25) is 13.6 Å². The number of rotatable bonds is 2. The van der Waals surface area contributed by atoms with Gasteiger partial charge in [-0.3, -0.25) is 0 Å². The third kappa shape index (κ3) is 2.24. The van der Waals surface area contributed by atoms with E-state index in [1.54, 1.807) is 0 Å². The van der Waals surface area contributed by atoms with Gasteiger partial charge >= 0.3 is 5.97 Å². The van der Waals surface area contributed by atoms with E-state index < -0.39 is 0 Å². The first-order chi connectivity index (χ1) is 7.82. The Hall–Kier alpha value is -1.25. The average Bonchev–Trinajstić information content (AvgIpc) is 2.26. The van der Waals surface area contributed by atoms with Gasteiger partial charge < -0.3 is 4.74 Å². The van der Waals surface area contributed by atoms with Crippen LogP contribution in [-0.2, 0) is 4.74 Å². The lowest BCUT2D eigenvalue weighted by atomic mass is 9.46. The monoisotopic (exact) mass is 232 g/mol. The van der Waals surface area contributed by atoms with Gasteiger partial charge in [-0.05, 0) is 38.8 Å². The highest BCUT2D eigenvalue weighted by molar-refractivity contribution is 6.71. The van der Waals surface area contributed by atoms with Gasteiger partial charge in [-0.1, -0.05) is 30.2 Å². The van der Waals surface area contributed by atoms with Gasteiger partial charge in [0, 0.05) is 0 Å². The molecule has 0 heterocycles. The standard InChI is InChI=1S/C14H21BO2/c1-8-10(3)13(15(5)6)11(4)9(2)12(8)14(16)17-7/h1-7H3. The van der Waals surface area contributed by atoms with E-state index in [4.69, 9.17) is 4.74 Å². The molecule has 1 rings (SSSR count). The van der Waals surface area contributed by atoms with Gasteiger partial charge in [0.15, 0.2) is 6.71 Å². The van der Waals surface area contributed by atoms with Gasteiger partial charge in [-0.25, -0.2) is 4.79 Å². The molecule has 0 fully saturated rings. The number of benzene rings is 1. The van der Waals surface area contributed by atoms with E-state index >= 15 is 0 Å². The fourth-order valence-corrected chi connectivity index (χ4v) is 2.62. The number of carbonyl (C=O) groups excluding carboxylic acids is 1. The first-order valence-corrected chi connectivity index (χ1v) is 6.01. The molecule has 0 atom stereocenters. The minimum absolute atomic E-state index is 0.235. The fraction of sp³-hybridized carbons (Fsp3) is 0.500. The quantitative estimate of drug-likeness (QED) is 0.578. The zero-order chi connectivity index (χ0) is 13.3. The molecule has 0 bridgehead atoms. The lowest BCUT2D eigenvalue weighted by Crippen LogP contribution is -2.31. The van der Waals surface area contributed by atoms with E-state index in [0.717, 1.165) is 16.7 Å². The van der Waals surface area contributed by atoms with Crippen molar-refractivity contribution in [2.75, 3.05) is 7.11 Å². The van der Waals surface area contributed by atoms with Crippen molar-refractivity contribution in [3.63, 3.8) is 0 Å². The normalized spacial score (nSPS) is 10.3. The maximum absolute atomic E-state index is 11.8. The minimum atomic E-state index is -0.235. The highest BCUT2D eigenvalue weighted by atomic mass is 16.5. The molecule has 17 heavy (non-hydrogen) atoms. The molecule has 0 amide bonds. The van der Waals surface area contributed by atoms with Gasteiger partial charge in [0.25, 0.3) is 0 Å². The molecule has 92 valence electrons. The highest BCUT2D eigenvalue weighted by Gasteiger charge is 2.21. The van der Waals surface area contributed by atoms with E-state index in [-0.39, 0.29) is 5.97 Å². The molecule has 0 saturated heterocycles. The van der Waals surface area contributed by atoms with Gasteiger partial charge in [0.1, 0.15) is 0 Å². The number of ether oxygens (including phenoxy) is 1. The number of carbonyl (C=O) groups is 1. The summed E-state index contributed by atoms with van der Waals surface area (Å²) >= 11 is 0. The molecule has 0 aliphatic rings. The molecule has 0 aromatic heterocycles. The fourth-order valence-electron chi connectivity index (χ4n) is 2.62. The maximum Gasteiger partial charge on any atom is 0.338 e. The number of hydrogen-bond donors (Lipinski definition) is 0. The molecule has 2 nitrogen and oxygen atoms in total. The topological polar surface area (TPSA) is 26.3 Å². The summed E-state index contributed by atoms with van der Waals surface area (Å²) in [7, 11) is 1.43. The van der Waals surface area contributed by atoms with E-state index in [1.165, 1.54) is 23.7 Å². The van der Waals surface area contributed by atoms with Gasteiger partial charge in [0.2, 0.25) is 0 Å². The minimum Gasteiger partial charge on any atom is -0.465 e. The second-order valence-electron chi connectivity index (χ2n) is 4.93. The summed E-state index contributed by atoms with van der Waals surface area (Å²) in [4.78, 5) is 11.8. The predicted octanol–water partition coefficient (Wildman–Crippen LogP) is 2.67. The van der Waals surface area contributed by atoms with Gasteiger partial charge in [-0.2, -0.15) is 0 Å². The van der Waals surface area contributed by atoms with Crippen molar-refractivity contribution in [1.82, 2.24) is 0 Å². The molecule has 3 heteroatoms. The summed E-state index contributed by atoms with van der Waals surface area (Å²) in [5.41, 5.74) is 6.60. The summed E-state index contributed by atoms with van der Waals surface area (Å²) in [6, 6.07) is 0. The van der Waals surface area contributed by atoms with Crippen LogP contribution in [0, 0.1) is 27.7 Å². The Bertz CT molecular complexity index is 433. The summed E-state index contributed by atoms with van der Waals surface area (Å²) in [6.07, 6.45) is 0. The van der Waals surface area contributed by atoms with E-state index in [9.17, 15) is 4.79 Å². The molecule has 0 unspecified atom stereocenters. The van der Waals surface area contributed by atoms with Crippen molar-refractivity contribution in [3.8, 4) is 0 Å². The summed E-state index contributed by atoms with van der Waals surface area (Å²) in [5, 5.41) is 0. The average molecular weight is 232 g/mol. The lowest BCUT2D eigenvalue weighted by molar-refractivity contribution is 0.0599. The summed E-state index contributed by atoms with van der Waals surface area (Å²) in [6.45, 7) is 13.0. The van der Waals surface area contributed by atoms with Crippen LogP contribution < -0.4 is 5.46 Å². The Morgan fingerprint density at radius 3 is 1.65 bits per heavy atom. The van der Waals surface area contributed by atoms with Crippen LogP contribution in [0.3, 0.4) is 0 Å². The number of esters is 1. The molecule has 1 aromatic carbocycles. The third-order valence-corrected chi connectivity index (χ3v) is 3.65. The number of methoxy groups -OCH3 is 1. The van der Waals surface area contributed by atoms with Crippen LogP contribution in [0.1, 0.15) is 32.6 Å². The molecular weight excluding hydrogens is 211 g/mol. The molecule has 0 aliphatic heterocycles. The lowest BCUT2D eigenvalue weighted by Gasteiger charge is -2.20. The van der Waals surface area contributed by atoms with Crippen molar-refractivity contribution in [2.24, 2.45) is 0 Å². The molecule has 1 aromatic rings. The first kappa shape index (κ1) is 13.8. The molecule has 0 N–H and O–H groups in total. The van der Waals surface area contributed by atoms with E-state index in [1.807, 2.05) is 13.8 Å². The van der Waals surface area contributed by atoms with E-state index in [0.29, 0.717) is 6.71 Å². The summed E-state index contributed by atoms with van der Waals surface area (Å²) in [5.74, 6) is -0.235. The Balaban J connectivity index is 3.64. The van der Waals surface area contributed by atoms with Crippen LogP contribution in [0.5, 0.6) is 0 Å². The predicted molar refractivity (Wildman–Crippen MR) is 73.8 cm³/mol. The zero-order valence-corrected chi connectivity index (χ0v) is 11.9. The van der Waals surface area contributed by atoms with Crippen molar-refractivity contribution in [1.29, 1.82) is 0 Å². The Morgan fingerprint density at radius 2 is 1.35 bits per heavy atom. The molecule has 0 radical (unpaired) electrons. The Morgan fingerprint density at radius 1 is 0.941 bits per heavy atom. The van der Waals surface area contributed by atoms with Crippen molar-refractivity contribution in [2.45, 2.75) is 41.3 Å². The zero-order valence-electron chi connectivity index (χ0n) is 11.9. The van der Waals surface area contributed by atoms with Gasteiger partial charge in [-0.15, -0.1) is 0 Å². The Kier molecular flexibility index (Phi) is 4.02. The highest BCUT2D eigenvalue weighted by Crippen LogP contribution is 2.21. The number of hydrogen-bond acceptors (Lipinski definition) is 2. The maximum atomic E-state index is 11.8. The smallest absolute Gasteiger partial charge is 0.338 e. The molecule has 0 saturated carbocycles. The van der Waals surface area contributed by atoms with Crippen LogP contribution >= 0.6 is 0 Å². The first-order valence-electron chi connectivity index (χ1n) is 6.01. The van der Waals surface area contributed by atoms with Crippen molar-refractivity contribution < 1.29 is 9.53 Å². The summed E-state index contributed by atoms with van der Waals surface area (Å²) < 4.78 is 4.87. The van der Waals surface area contributed by atoms with Gasteiger partial charge in [0.05, 0.1) is 12.7 Å². The van der Waals surface area contributed by atoms with Crippen LogP contribution in [0.25, 0.3) is 0 Å². The van der Waals surface area contributed by atoms with Crippen molar-refractivity contribution >= 4 is 18.1 Å². The molecule has 0 spiro atoms. The van der Waals surface area contributed by atoms with Crippen LogP contribution in [-0.4, -0.2) is 19.8 Å². The molecule has 0 aliphatic carbocycles. The van der Waals surface area contributed by atoms with Crippen LogP contribution in [0.4, 0.5) is 0 Å². The van der Waals surface area contributed by atoms with Crippen molar-refractivity contribution in [3.05, 3.63) is 27.8 Å². The second kappa shape index (κ2) is 4.95. The molecular formula is C14H21BO2. The van der Waals surface area contributed by atoms with E-state index in [2.05, 4.69) is 27.5 Å². The SMILES string of the molecule is COC(=O)c1c(C)c(C)c(B(C)C)c(C)c1C. The second-order valence-corrected chi connectivity index (χ2v) is 4.93.